The minimum atomic E-state index is -0.717. The van der Waals surface area contributed by atoms with Gasteiger partial charge in [0.15, 0.2) is 5.70 Å². The number of para-hydroxylation sites is 1. The molecule has 0 unspecified atom stereocenters. The molecule has 1 aliphatic heterocycles. The second-order valence-electron chi connectivity index (χ2n) is 5.85. The molecule has 29 heavy (non-hydrogen) atoms. The second kappa shape index (κ2) is 9.25. The summed E-state index contributed by atoms with van der Waals surface area (Å²) in [5.41, 5.74) is 3.15. The van der Waals surface area contributed by atoms with Gasteiger partial charge in [-0.1, -0.05) is 48.1 Å². The van der Waals surface area contributed by atoms with E-state index in [0.29, 0.717) is 11.3 Å². The first-order valence-corrected chi connectivity index (χ1v) is 8.71. The van der Waals surface area contributed by atoms with Crippen molar-refractivity contribution in [2.45, 2.75) is 0 Å². The quantitative estimate of drug-likeness (QED) is 0.444. The Bertz CT molecular complexity index is 984. The van der Waals surface area contributed by atoms with Crippen molar-refractivity contribution in [1.29, 1.82) is 0 Å². The van der Waals surface area contributed by atoms with E-state index in [1.807, 2.05) is 6.07 Å². The van der Waals surface area contributed by atoms with E-state index in [0.717, 1.165) is 0 Å². The van der Waals surface area contributed by atoms with Gasteiger partial charge in [0.1, 0.15) is 5.71 Å². The first-order chi connectivity index (χ1) is 14.1. The summed E-state index contributed by atoms with van der Waals surface area (Å²) < 4.78 is 0. The Labute approximate surface area is 167 Å². The monoisotopic (exact) mass is 390 g/mol. The number of carbonyl (C=O) groups excluding carboxylic acids is 3. The number of benzene rings is 2. The zero-order valence-corrected chi connectivity index (χ0v) is 15.4. The molecule has 0 radical (unpaired) electrons. The number of carbonyl (C=O) groups is 3. The molecule has 0 spiro atoms. The van der Waals surface area contributed by atoms with Crippen LogP contribution in [-0.4, -0.2) is 30.0 Å². The van der Waals surface area contributed by atoms with E-state index in [4.69, 9.17) is 4.84 Å². The predicted molar refractivity (Wildman–Crippen MR) is 108 cm³/mol. The molecule has 1 fully saturated rings. The van der Waals surface area contributed by atoms with Gasteiger partial charge in [-0.15, -0.1) is 6.58 Å². The number of hydrogen-bond acceptors (Lipinski definition) is 6. The molecule has 0 aliphatic carbocycles. The van der Waals surface area contributed by atoms with Crippen molar-refractivity contribution >= 4 is 29.2 Å². The summed E-state index contributed by atoms with van der Waals surface area (Å²) in [5, 5.41) is 3.91. The van der Waals surface area contributed by atoms with Crippen LogP contribution in [0.1, 0.15) is 10.4 Å². The maximum Gasteiger partial charge on any atom is 0.376 e. The molecule has 8 nitrogen and oxygen atoms in total. The van der Waals surface area contributed by atoms with Crippen LogP contribution in [0.15, 0.2) is 90.1 Å². The first kappa shape index (κ1) is 19.7. The van der Waals surface area contributed by atoms with Crippen LogP contribution in [0.25, 0.3) is 0 Å². The summed E-state index contributed by atoms with van der Waals surface area (Å²) in [7, 11) is 0. The van der Waals surface area contributed by atoms with E-state index in [2.05, 4.69) is 22.5 Å². The Morgan fingerprint density at radius 1 is 1.10 bits per heavy atom. The smallest absolute Gasteiger partial charge is 0.347 e. The summed E-state index contributed by atoms with van der Waals surface area (Å²) in [6.45, 7) is 3.71. The summed E-state index contributed by atoms with van der Waals surface area (Å²) in [5.74, 6) is -1.96. The van der Waals surface area contributed by atoms with E-state index >= 15 is 0 Å². The van der Waals surface area contributed by atoms with Gasteiger partial charge < -0.3 is 10.2 Å². The third-order valence-corrected chi connectivity index (χ3v) is 3.85. The Kier molecular flexibility index (Phi) is 6.29. The van der Waals surface area contributed by atoms with Gasteiger partial charge in [-0.05, 0) is 24.3 Å². The average Bonchev–Trinajstić information content (AvgIpc) is 3.12. The molecule has 8 heteroatoms. The molecule has 1 heterocycles. The molecule has 0 saturated carbocycles. The third kappa shape index (κ3) is 4.82. The van der Waals surface area contributed by atoms with Crippen LogP contribution >= 0.6 is 0 Å². The molecular formula is C21H18N4O4. The third-order valence-electron chi connectivity index (χ3n) is 3.85. The Morgan fingerprint density at radius 2 is 1.76 bits per heavy atom. The van der Waals surface area contributed by atoms with Gasteiger partial charge >= 0.3 is 5.97 Å². The van der Waals surface area contributed by atoms with Crippen LogP contribution in [0.2, 0.25) is 0 Å². The van der Waals surface area contributed by atoms with Crippen LogP contribution in [0.3, 0.4) is 0 Å². The van der Waals surface area contributed by atoms with E-state index in [1.165, 1.54) is 17.2 Å². The Balaban J connectivity index is 1.99. The van der Waals surface area contributed by atoms with Crippen LogP contribution in [0.4, 0.5) is 5.69 Å². The van der Waals surface area contributed by atoms with E-state index in [-0.39, 0.29) is 18.0 Å². The van der Waals surface area contributed by atoms with Gasteiger partial charge in [0.2, 0.25) is 0 Å². The lowest BCUT2D eigenvalue weighted by Gasteiger charge is -2.15. The van der Waals surface area contributed by atoms with Crippen molar-refractivity contribution in [2.75, 3.05) is 11.6 Å². The highest BCUT2D eigenvalue weighted by Crippen LogP contribution is 2.21. The van der Waals surface area contributed by atoms with Gasteiger partial charge in [0.05, 0.1) is 5.69 Å². The fourth-order valence-corrected chi connectivity index (χ4v) is 2.46. The van der Waals surface area contributed by atoms with Crippen molar-refractivity contribution < 1.29 is 19.2 Å². The summed E-state index contributed by atoms with van der Waals surface area (Å²) in [6, 6.07) is 17.2. The number of rotatable bonds is 6. The molecule has 2 aromatic carbocycles. The van der Waals surface area contributed by atoms with Gasteiger partial charge in [-0.25, -0.2) is 14.8 Å². The Morgan fingerprint density at radius 3 is 2.41 bits per heavy atom. The number of anilines is 1. The zero-order valence-electron chi connectivity index (χ0n) is 15.4. The summed E-state index contributed by atoms with van der Waals surface area (Å²) in [6.07, 6.45) is 2.69. The van der Waals surface area contributed by atoms with E-state index in [9.17, 15) is 14.4 Å². The molecule has 0 aromatic heterocycles. The lowest BCUT2D eigenvalue weighted by molar-refractivity contribution is -0.140. The SMILES string of the molecule is C=CCNC(=O)C(/C=C1\C(=O)ONN1c1ccccc1)=NC(=O)c1ccccc1. The first-order valence-electron chi connectivity index (χ1n) is 8.71. The zero-order chi connectivity index (χ0) is 20.6. The largest absolute Gasteiger partial charge is 0.376 e. The molecule has 0 atom stereocenters. The number of hydrazine groups is 1. The molecule has 2 aromatic rings. The highest BCUT2D eigenvalue weighted by Gasteiger charge is 2.30. The Hall–Kier alpha value is -4.04. The lowest BCUT2D eigenvalue weighted by Crippen LogP contribution is -2.33. The fourth-order valence-electron chi connectivity index (χ4n) is 2.46. The molecule has 146 valence electrons. The van der Waals surface area contributed by atoms with Crippen LogP contribution in [-0.2, 0) is 14.4 Å². The van der Waals surface area contributed by atoms with Crippen molar-refractivity contribution in [3.63, 3.8) is 0 Å². The lowest BCUT2D eigenvalue weighted by atomic mass is 10.2. The van der Waals surface area contributed by atoms with Crippen molar-refractivity contribution in [3.05, 3.63) is 90.7 Å². The van der Waals surface area contributed by atoms with Gasteiger partial charge in [0.25, 0.3) is 11.8 Å². The number of nitrogens with zero attached hydrogens (tertiary/aromatic N) is 2. The number of amides is 2. The van der Waals surface area contributed by atoms with Crippen molar-refractivity contribution in [1.82, 2.24) is 10.9 Å². The minimum Gasteiger partial charge on any atom is -0.347 e. The van der Waals surface area contributed by atoms with Crippen molar-refractivity contribution in [3.8, 4) is 0 Å². The maximum atomic E-state index is 12.5. The van der Waals surface area contributed by atoms with E-state index in [1.54, 1.807) is 54.6 Å². The van der Waals surface area contributed by atoms with Gasteiger partial charge in [-0.3, -0.25) is 9.59 Å². The summed E-state index contributed by atoms with van der Waals surface area (Å²) in [4.78, 5) is 46.0. The molecular weight excluding hydrogens is 372 g/mol. The molecule has 0 bridgehead atoms. The highest BCUT2D eigenvalue weighted by atomic mass is 16.7. The van der Waals surface area contributed by atoms with Crippen LogP contribution in [0, 0.1) is 0 Å². The number of nitrogens with one attached hydrogen (secondary N) is 2. The maximum absolute atomic E-state index is 12.5. The van der Waals surface area contributed by atoms with Crippen molar-refractivity contribution in [2.24, 2.45) is 4.99 Å². The molecule has 1 saturated heterocycles. The normalized spacial score (nSPS) is 15.2. The number of aliphatic imine (C=N–C) groups is 1. The molecule has 1 aliphatic rings. The van der Waals surface area contributed by atoms with Crippen LogP contribution in [0.5, 0.6) is 0 Å². The summed E-state index contributed by atoms with van der Waals surface area (Å²) >= 11 is 0. The average molecular weight is 390 g/mol. The number of hydrogen-bond donors (Lipinski definition) is 2. The fraction of sp³-hybridized carbons (Fsp3) is 0.0476. The van der Waals surface area contributed by atoms with Crippen LogP contribution < -0.4 is 15.9 Å². The standard InChI is InChI=1S/C21H18N4O4/c1-2-13-22-20(27)17(23-19(26)15-9-5-3-6-10-15)14-18-21(28)29-24-25(18)16-11-7-4-8-12-16/h2-12,14,24H,1,13H2,(H,22,27)/b18-14+,23-17?. The highest BCUT2D eigenvalue weighted by molar-refractivity contribution is 6.45. The topological polar surface area (TPSA) is 100 Å². The van der Waals surface area contributed by atoms with Gasteiger partial charge in [0, 0.05) is 18.2 Å². The van der Waals surface area contributed by atoms with Gasteiger partial charge in [-0.2, -0.15) is 0 Å². The second-order valence-corrected chi connectivity index (χ2v) is 5.85. The van der Waals surface area contributed by atoms with E-state index < -0.39 is 17.8 Å². The molecule has 2 amide bonds. The molecule has 3 rings (SSSR count). The predicted octanol–water partition coefficient (Wildman–Crippen LogP) is 1.94. The minimum absolute atomic E-state index is 0.00423. The molecule has 2 N–H and O–H groups in total.